The van der Waals surface area contributed by atoms with Gasteiger partial charge in [0.15, 0.2) is 5.16 Å². The third-order valence-electron chi connectivity index (χ3n) is 3.25. The Morgan fingerprint density at radius 1 is 1.67 bits per heavy atom. The van der Waals surface area contributed by atoms with Crippen LogP contribution in [-0.2, 0) is 11.8 Å². The van der Waals surface area contributed by atoms with E-state index < -0.39 is 11.5 Å². The number of aryl methyl sites for hydroxylation is 1. The van der Waals surface area contributed by atoms with Crippen molar-refractivity contribution in [3.05, 3.63) is 12.4 Å². The number of aliphatic carboxylic acids is 1. The number of carbonyl (C=O) groups is 1. The van der Waals surface area contributed by atoms with Gasteiger partial charge >= 0.3 is 5.97 Å². The van der Waals surface area contributed by atoms with Gasteiger partial charge in [-0.1, -0.05) is 18.7 Å². The van der Waals surface area contributed by atoms with E-state index in [2.05, 4.69) is 10.3 Å². The van der Waals surface area contributed by atoms with Crippen LogP contribution < -0.4 is 5.32 Å². The second kappa shape index (κ2) is 6.80. The third-order valence-corrected chi connectivity index (χ3v) is 4.39. The van der Waals surface area contributed by atoms with E-state index in [1.165, 1.54) is 0 Å². The molecule has 102 valence electrons. The minimum Gasteiger partial charge on any atom is -0.480 e. The van der Waals surface area contributed by atoms with Crippen LogP contribution in [0.2, 0.25) is 0 Å². The summed E-state index contributed by atoms with van der Waals surface area (Å²) in [7, 11) is 3.67. The zero-order valence-corrected chi connectivity index (χ0v) is 12.0. The number of thioether (sulfide) groups is 1. The third kappa shape index (κ3) is 3.49. The van der Waals surface area contributed by atoms with Gasteiger partial charge in [0, 0.05) is 25.2 Å². The van der Waals surface area contributed by atoms with E-state index in [1.807, 2.05) is 24.7 Å². The van der Waals surface area contributed by atoms with Crippen LogP contribution in [0.3, 0.4) is 0 Å². The fourth-order valence-electron chi connectivity index (χ4n) is 1.87. The molecule has 1 atom stereocenters. The summed E-state index contributed by atoms with van der Waals surface area (Å²) in [6.07, 6.45) is 5.74. The summed E-state index contributed by atoms with van der Waals surface area (Å²) in [6, 6.07) is 0. The quantitative estimate of drug-likeness (QED) is 0.557. The van der Waals surface area contributed by atoms with Crippen LogP contribution in [0.4, 0.5) is 0 Å². The Morgan fingerprint density at radius 2 is 2.39 bits per heavy atom. The van der Waals surface area contributed by atoms with Crippen LogP contribution >= 0.6 is 11.8 Å². The molecule has 1 heterocycles. The highest BCUT2D eigenvalue weighted by atomic mass is 32.2. The fraction of sp³-hybridized carbons (Fsp3) is 0.667. The molecule has 0 aromatic carbocycles. The normalized spacial score (nSPS) is 14.4. The number of likely N-dealkylation sites (N-methyl/N-ethyl adjacent to an activating group) is 1. The number of imidazole rings is 1. The SMILES string of the molecule is CCC(CCCSc1nccn1C)(NC)C(=O)O. The van der Waals surface area contributed by atoms with Gasteiger partial charge < -0.3 is 15.0 Å². The maximum Gasteiger partial charge on any atom is 0.323 e. The van der Waals surface area contributed by atoms with E-state index in [9.17, 15) is 9.90 Å². The number of nitrogens with one attached hydrogen (secondary N) is 1. The standard InChI is InChI=1S/C12H21N3O2S/c1-4-12(13-2,10(16)17)6-5-9-18-11-14-7-8-15(11)3/h7-8,13H,4-6,9H2,1-3H3,(H,16,17). The first-order chi connectivity index (χ1) is 8.55. The van der Waals surface area contributed by atoms with Crippen molar-refractivity contribution in [2.75, 3.05) is 12.8 Å². The van der Waals surface area contributed by atoms with Crippen molar-refractivity contribution in [2.45, 2.75) is 36.9 Å². The highest BCUT2D eigenvalue weighted by Crippen LogP contribution is 2.22. The van der Waals surface area contributed by atoms with Gasteiger partial charge in [-0.2, -0.15) is 0 Å². The summed E-state index contributed by atoms with van der Waals surface area (Å²) in [4.78, 5) is 15.5. The number of rotatable bonds is 8. The second-order valence-electron chi connectivity index (χ2n) is 4.26. The summed E-state index contributed by atoms with van der Waals surface area (Å²) in [6.45, 7) is 1.90. The Morgan fingerprint density at radius 3 is 2.83 bits per heavy atom. The van der Waals surface area contributed by atoms with Crippen LogP contribution in [0.5, 0.6) is 0 Å². The average molecular weight is 271 g/mol. The lowest BCUT2D eigenvalue weighted by Crippen LogP contribution is -2.49. The Hall–Kier alpha value is -1.01. The van der Waals surface area contributed by atoms with Gasteiger partial charge in [-0.15, -0.1) is 0 Å². The fourth-order valence-corrected chi connectivity index (χ4v) is 2.74. The minimum atomic E-state index is -0.789. The Kier molecular flexibility index (Phi) is 5.68. The monoisotopic (exact) mass is 271 g/mol. The topological polar surface area (TPSA) is 67.2 Å². The van der Waals surface area contributed by atoms with Gasteiger partial charge in [-0.05, 0) is 26.3 Å². The van der Waals surface area contributed by atoms with E-state index in [1.54, 1.807) is 25.0 Å². The minimum absolute atomic E-state index is 0.589. The van der Waals surface area contributed by atoms with Crippen LogP contribution in [-0.4, -0.2) is 39.0 Å². The van der Waals surface area contributed by atoms with Crippen molar-refractivity contribution in [2.24, 2.45) is 7.05 Å². The van der Waals surface area contributed by atoms with Crippen molar-refractivity contribution in [1.29, 1.82) is 0 Å². The van der Waals surface area contributed by atoms with Crippen LogP contribution in [0.15, 0.2) is 17.6 Å². The summed E-state index contributed by atoms with van der Waals surface area (Å²) >= 11 is 1.66. The number of aromatic nitrogens is 2. The maximum absolute atomic E-state index is 11.3. The lowest BCUT2D eigenvalue weighted by atomic mass is 9.91. The summed E-state index contributed by atoms with van der Waals surface area (Å²) < 4.78 is 1.97. The molecule has 0 saturated heterocycles. The van der Waals surface area contributed by atoms with Crippen molar-refractivity contribution >= 4 is 17.7 Å². The maximum atomic E-state index is 11.3. The first-order valence-electron chi connectivity index (χ1n) is 6.08. The Bertz CT molecular complexity index is 388. The van der Waals surface area contributed by atoms with Gasteiger partial charge in [0.05, 0.1) is 0 Å². The summed E-state index contributed by atoms with van der Waals surface area (Å²) in [5, 5.41) is 13.2. The second-order valence-corrected chi connectivity index (χ2v) is 5.33. The number of hydrogen-bond donors (Lipinski definition) is 2. The Labute approximate surface area is 112 Å². The highest BCUT2D eigenvalue weighted by molar-refractivity contribution is 7.99. The lowest BCUT2D eigenvalue weighted by molar-refractivity contribution is -0.145. The molecule has 0 saturated carbocycles. The van der Waals surface area contributed by atoms with E-state index in [0.29, 0.717) is 12.8 Å². The lowest BCUT2D eigenvalue weighted by Gasteiger charge is -2.27. The molecule has 0 spiro atoms. The van der Waals surface area contributed by atoms with Gasteiger partial charge in [0.1, 0.15) is 5.54 Å². The van der Waals surface area contributed by atoms with Gasteiger partial charge in [-0.25, -0.2) is 4.98 Å². The molecule has 2 N–H and O–H groups in total. The molecule has 1 rings (SSSR count). The van der Waals surface area contributed by atoms with Gasteiger partial charge in [0.25, 0.3) is 0 Å². The van der Waals surface area contributed by atoms with Gasteiger partial charge in [-0.3, -0.25) is 4.79 Å². The smallest absolute Gasteiger partial charge is 0.323 e. The van der Waals surface area contributed by atoms with Crippen molar-refractivity contribution in [3.63, 3.8) is 0 Å². The first kappa shape index (κ1) is 15.0. The highest BCUT2D eigenvalue weighted by Gasteiger charge is 2.33. The van der Waals surface area contributed by atoms with Crippen LogP contribution in [0.1, 0.15) is 26.2 Å². The van der Waals surface area contributed by atoms with Crippen LogP contribution in [0, 0.1) is 0 Å². The molecular weight excluding hydrogens is 250 g/mol. The predicted octanol–water partition coefficient (Wildman–Crippen LogP) is 1.75. The molecule has 0 aliphatic carbocycles. The van der Waals surface area contributed by atoms with Crippen molar-refractivity contribution in [3.8, 4) is 0 Å². The largest absolute Gasteiger partial charge is 0.480 e. The van der Waals surface area contributed by atoms with Crippen molar-refractivity contribution in [1.82, 2.24) is 14.9 Å². The van der Waals surface area contributed by atoms with Crippen molar-refractivity contribution < 1.29 is 9.90 Å². The molecule has 0 bridgehead atoms. The molecular formula is C12H21N3O2S. The zero-order valence-electron chi connectivity index (χ0n) is 11.1. The van der Waals surface area contributed by atoms with E-state index in [4.69, 9.17) is 0 Å². The Balaban J connectivity index is 2.40. The molecule has 0 aliphatic heterocycles. The molecule has 0 fully saturated rings. The molecule has 0 amide bonds. The number of hydrogen-bond acceptors (Lipinski definition) is 4. The molecule has 0 radical (unpaired) electrons. The molecule has 5 nitrogen and oxygen atoms in total. The molecule has 18 heavy (non-hydrogen) atoms. The van der Waals surface area contributed by atoms with E-state index >= 15 is 0 Å². The summed E-state index contributed by atoms with van der Waals surface area (Å²) in [5.41, 5.74) is -0.789. The average Bonchev–Trinajstić information content (AvgIpc) is 2.75. The molecule has 1 aromatic heterocycles. The van der Waals surface area contributed by atoms with E-state index in [-0.39, 0.29) is 0 Å². The summed E-state index contributed by atoms with van der Waals surface area (Å²) in [5.74, 6) is 0.108. The zero-order chi connectivity index (χ0) is 13.6. The predicted molar refractivity (Wildman–Crippen MR) is 72.9 cm³/mol. The van der Waals surface area contributed by atoms with Gasteiger partial charge in [0.2, 0.25) is 0 Å². The molecule has 0 aliphatic rings. The number of carboxylic acids is 1. The molecule has 6 heteroatoms. The number of carboxylic acid groups (broad SMARTS) is 1. The number of nitrogens with zero attached hydrogens (tertiary/aromatic N) is 2. The molecule has 1 aromatic rings. The van der Waals surface area contributed by atoms with E-state index in [0.717, 1.165) is 17.3 Å². The van der Waals surface area contributed by atoms with Crippen LogP contribution in [0.25, 0.3) is 0 Å². The molecule has 1 unspecified atom stereocenters. The first-order valence-corrected chi connectivity index (χ1v) is 7.06.